The Morgan fingerprint density at radius 3 is 2.00 bits per heavy atom. The van der Waals surface area contributed by atoms with E-state index in [-0.39, 0.29) is 0 Å². The fraction of sp³-hybridized carbons (Fsp3) is 0.400. The van der Waals surface area contributed by atoms with E-state index < -0.39 is 11.4 Å². The van der Waals surface area contributed by atoms with E-state index in [4.69, 9.17) is 0 Å². The van der Waals surface area contributed by atoms with Gasteiger partial charge < -0.3 is 4.55 Å². The van der Waals surface area contributed by atoms with Crippen LogP contribution in [0.3, 0.4) is 0 Å². The summed E-state index contributed by atoms with van der Waals surface area (Å²) >= 11 is -0.896. The summed E-state index contributed by atoms with van der Waals surface area (Å²) in [4.78, 5) is 0. The van der Waals surface area contributed by atoms with E-state index >= 15 is 0 Å². The minimum absolute atomic E-state index is 0.417. The molecule has 1 atom stereocenters. The van der Waals surface area contributed by atoms with Gasteiger partial charge in [-0.05, 0) is 6.92 Å². The molecule has 0 saturated carbocycles. The van der Waals surface area contributed by atoms with Crippen molar-refractivity contribution >= 4 is 17.0 Å². The maximum atomic E-state index is 11.4. The molecule has 0 bridgehead atoms. The van der Waals surface area contributed by atoms with E-state index in [0.717, 1.165) is 5.69 Å². The number of aryl methyl sites for hydroxylation is 1. The molecule has 72 valence electrons. The van der Waals surface area contributed by atoms with Gasteiger partial charge in [0.2, 0.25) is 0 Å². The highest BCUT2D eigenvalue weighted by Crippen LogP contribution is 2.22. The van der Waals surface area contributed by atoms with Crippen molar-refractivity contribution in [2.75, 3.05) is 20.4 Å². The predicted molar refractivity (Wildman–Crippen MR) is 58.9 cm³/mol. The average Bonchev–Trinajstić information content (AvgIpc) is 2.04. The predicted octanol–water partition coefficient (Wildman–Crippen LogP) is 1.86. The van der Waals surface area contributed by atoms with Crippen molar-refractivity contribution in [1.82, 2.24) is 3.89 Å². The zero-order valence-corrected chi connectivity index (χ0v) is 9.39. The lowest BCUT2D eigenvalue weighted by Gasteiger charge is -2.26. The van der Waals surface area contributed by atoms with Crippen LogP contribution in [-0.4, -0.2) is 24.9 Å². The van der Waals surface area contributed by atoms with E-state index in [1.165, 1.54) is 5.56 Å². The summed E-state index contributed by atoms with van der Waals surface area (Å²) in [6.45, 7) is 2.05. The highest BCUT2D eigenvalue weighted by atomic mass is 32.2. The average molecular weight is 198 g/mol. The number of quaternary nitrogens is 1. The van der Waals surface area contributed by atoms with Crippen LogP contribution in [-0.2, 0) is 11.4 Å². The van der Waals surface area contributed by atoms with Gasteiger partial charge in [0.05, 0.1) is 0 Å². The third kappa shape index (κ3) is 2.24. The highest BCUT2D eigenvalue weighted by molar-refractivity contribution is 7.90. The van der Waals surface area contributed by atoms with Crippen LogP contribution in [0.1, 0.15) is 5.56 Å². The molecule has 0 saturated heterocycles. The number of hydrogen-bond acceptors (Lipinski definition) is 1. The van der Waals surface area contributed by atoms with Crippen LogP contribution < -0.4 is 3.89 Å². The molecule has 0 heterocycles. The topological polar surface area (TPSA) is 23.1 Å². The fourth-order valence-electron chi connectivity index (χ4n) is 1.05. The van der Waals surface area contributed by atoms with Crippen molar-refractivity contribution in [2.24, 2.45) is 0 Å². The molecule has 0 amide bonds. The summed E-state index contributed by atoms with van der Waals surface area (Å²) < 4.78 is 11.9. The molecule has 0 aliphatic heterocycles. The summed E-state index contributed by atoms with van der Waals surface area (Å²) in [7, 11) is 3.89. The Labute approximate surface area is 83.1 Å². The number of nitrogens with zero attached hydrogens (tertiary/aromatic N) is 1. The molecule has 0 radical (unpaired) electrons. The molecule has 0 spiro atoms. The van der Waals surface area contributed by atoms with E-state index in [1.54, 1.807) is 6.26 Å². The Morgan fingerprint density at radius 1 is 1.15 bits per heavy atom. The Morgan fingerprint density at radius 2 is 1.62 bits per heavy atom. The van der Waals surface area contributed by atoms with Gasteiger partial charge in [0.1, 0.15) is 31.7 Å². The van der Waals surface area contributed by atoms with Crippen molar-refractivity contribution in [3.8, 4) is 0 Å². The van der Waals surface area contributed by atoms with Crippen molar-refractivity contribution in [3.05, 3.63) is 29.8 Å². The van der Waals surface area contributed by atoms with Crippen LogP contribution in [0.15, 0.2) is 24.3 Å². The maximum Gasteiger partial charge on any atom is 0.176 e. The van der Waals surface area contributed by atoms with Crippen LogP contribution in [0.5, 0.6) is 0 Å². The monoisotopic (exact) mass is 198 g/mol. The number of rotatable bonds is 2. The third-order valence-corrected chi connectivity index (χ3v) is 3.79. The van der Waals surface area contributed by atoms with Gasteiger partial charge in [0, 0.05) is 12.1 Å². The molecule has 0 aliphatic carbocycles. The van der Waals surface area contributed by atoms with E-state index in [2.05, 4.69) is 0 Å². The van der Waals surface area contributed by atoms with Crippen molar-refractivity contribution in [3.63, 3.8) is 0 Å². The molecule has 0 fully saturated rings. The molecule has 1 rings (SSSR count). The molecule has 2 nitrogen and oxygen atoms in total. The minimum atomic E-state index is -0.896. The van der Waals surface area contributed by atoms with Gasteiger partial charge in [-0.25, -0.2) is 0 Å². The Hall–Kier alpha value is -0.510. The van der Waals surface area contributed by atoms with Crippen molar-refractivity contribution in [2.45, 2.75) is 6.92 Å². The molecule has 0 aromatic heterocycles. The molecule has 13 heavy (non-hydrogen) atoms. The molecule has 1 aromatic rings. The standard InChI is InChI=1S/C10H16NOS/c1-9-5-7-10(8-6-9)11(2,3)13(4)12/h5-8H,1-4H3/q+1. The second-order valence-corrected chi connectivity index (χ2v) is 5.37. The van der Waals surface area contributed by atoms with Crippen LogP contribution >= 0.6 is 0 Å². The zero-order valence-electron chi connectivity index (χ0n) is 8.57. The summed E-state index contributed by atoms with van der Waals surface area (Å²) in [6, 6.07) is 8.14. The van der Waals surface area contributed by atoms with E-state index in [0.29, 0.717) is 3.89 Å². The Balaban J connectivity index is 3.01. The molecule has 0 aliphatic rings. The zero-order chi connectivity index (χ0) is 10.1. The first-order chi connectivity index (χ1) is 5.94. The van der Waals surface area contributed by atoms with Crippen LogP contribution in [0.4, 0.5) is 5.69 Å². The summed E-state index contributed by atoms with van der Waals surface area (Å²) in [5.74, 6) is 0. The lowest BCUT2D eigenvalue weighted by molar-refractivity contribution is 0.518. The minimum Gasteiger partial charge on any atom is -0.566 e. The third-order valence-electron chi connectivity index (χ3n) is 2.30. The SMILES string of the molecule is Cc1ccc([N+](C)(C)[S+](C)[O-])cc1. The van der Waals surface area contributed by atoms with Gasteiger partial charge in [0.25, 0.3) is 0 Å². The van der Waals surface area contributed by atoms with Gasteiger partial charge in [-0.2, -0.15) is 0 Å². The normalized spacial score (nSPS) is 14.2. The van der Waals surface area contributed by atoms with Crippen molar-refractivity contribution in [1.29, 1.82) is 0 Å². The highest BCUT2D eigenvalue weighted by Gasteiger charge is 2.29. The number of hydrogen-bond donors (Lipinski definition) is 0. The second-order valence-electron chi connectivity index (χ2n) is 3.61. The van der Waals surface area contributed by atoms with Crippen LogP contribution in [0.2, 0.25) is 0 Å². The molecule has 1 unspecified atom stereocenters. The van der Waals surface area contributed by atoms with E-state index in [9.17, 15) is 4.55 Å². The molecule has 0 N–H and O–H groups in total. The first kappa shape index (κ1) is 10.6. The smallest absolute Gasteiger partial charge is 0.176 e. The van der Waals surface area contributed by atoms with Gasteiger partial charge >= 0.3 is 0 Å². The first-order valence-corrected chi connectivity index (χ1v) is 5.71. The fourth-order valence-corrected chi connectivity index (χ4v) is 1.47. The van der Waals surface area contributed by atoms with Gasteiger partial charge in [-0.1, -0.05) is 17.7 Å². The lowest BCUT2D eigenvalue weighted by atomic mass is 10.2. The van der Waals surface area contributed by atoms with Gasteiger partial charge in [-0.15, -0.1) is 3.89 Å². The van der Waals surface area contributed by atoms with Crippen LogP contribution in [0.25, 0.3) is 0 Å². The number of benzene rings is 1. The maximum absolute atomic E-state index is 11.4. The molecular weight excluding hydrogens is 182 g/mol. The van der Waals surface area contributed by atoms with Gasteiger partial charge in [-0.3, -0.25) is 0 Å². The quantitative estimate of drug-likeness (QED) is 0.525. The molecular formula is C10H16NOS+. The Bertz CT molecular complexity index is 279. The Kier molecular flexibility index (Phi) is 3.01. The van der Waals surface area contributed by atoms with E-state index in [1.807, 2.05) is 45.3 Å². The second kappa shape index (κ2) is 3.70. The van der Waals surface area contributed by atoms with Crippen LogP contribution in [0, 0.1) is 6.92 Å². The summed E-state index contributed by atoms with van der Waals surface area (Å²) in [5.41, 5.74) is 2.30. The summed E-state index contributed by atoms with van der Waals surface area (Å²) in [6.07, 6.45) is 1.72. The lowest BCUT2D eigenvalue weighted by Crippen LogP contribution is -2.45. The first-order valence-electron chi connectivity index (χ1n) is 4.20. The van der Waals surface area contributed by atoms with Gasteiger partial charge in [0.15, 0.2) is 5.69 Å². The summed E-state index contributed by atoms with van der Waals surface area (Å²) in [5, 5.41) is 0. The van der Waals surface area contributed by atoms with Crippen molar-refractivity contribution < 1.29 is 4.55 Å². The molecule has 1 aromatic carbocycles. The molecule has 3 heteroatoms. The largest absolute Gasteiger partial charge is 0.566 e.